The molecule has 0 aromatic heterocycles. The Hall–Kier alpha value is -1.56. The summed E-state index contributed by atoms with van der Waals surface area (Å²) in [6.45, 7) is 1.55. The molecule has 0 unspecified atom stereocenters. The molecule has 6 heteroatoms. The number of halogens is 2. The summed E-state index contributed by atoms with van der Waals surface area (Å²) >= 11 is 0. The first-order valence-corrected chi connectivity index (χ1v) is 5.79. The second-order valence-corrected chi connectivity index (χ2v) is 4.76. The first kappa shape index (κ1) is 12.9. The van der Waals surface area contributed by atoms with Crippen molar-refractivity contribution >= 4 is 11.4 Å². The minimum Gasteiger partial charge on any atom is -0.388 e. The molecule has 0 spiro atoms. The van der Waals surface area contributed by atoms with Gasteiger partial charge in [0.25, 0.3) is 0 Å². The third kappa shape index (κ3) is 2.20. The van der Waals surface area contributed by atoms with Crippen LogP contribution in [0, 0.1) is 24.1 Å². The maximum Gasteiger partial charge on any atom is 0.184 e. The van der Waals surface area contributed by atoms with Gasteiger partial charge in [0.1, 0.15) is 11.4 Å². The van der Waals surface area contributed by atoms with E-state index in [4.69, 9.17) is 5.53 Å². The molecule has 0 saturated heterocycles. The summed E-state index contributed by atoms with van der Waals surface area (Å²) in [6.07, 6.45) is 2.21. The highest BCUT2D eigenvalue weighted by atomic mass is 19.2. The molecule has 3 N–H and O–H groups in total. The molecule has 0 amide bonds. The molecule has 1 aromatic rings. The van der Waals surface area contributed by atoms with Crippen molar-refractivity contribution in [1.82, 2.24) is 0 Å². The Morgan fingerprint density at radius 2 is 2.11 bits per heavy atom. The maximum absolute atomic E-state index is 13.7. The van der Waals surface area contributed by atoms with Gasteiger partial charge < -0.3 is 10.4 Å². The van der Waals surface area contributed by atoms with Crippen LogP contribution in [0.4, 0.5) is 20.2 Å². The predicted molar refractivity (Wildman–Crippen MR) is 63.2 cm³/mol. The summed E-state index contributed by atoms with van der Waals surface area (Å²) in [7, 11) is 0. The van der Waals surface area contributed by atoms with Gasteiger partial charge in [-0.1, -0.05) is 0 Å². The van der Waals surface area contributed by atoms with E-state index >= 15 is 0 Å². The molecule has 98 valence electrons. The average Bonchev–Trinajstić information content (AvgIpc) is 2.32. The van der Waals surface area contributed by atoms with Crippen LogP contribution >= 0.6 is 0 Å². The molecule has 1 aliphatic carbocycles. The van der Waals surface area contributed by atoms with Crippen molar-refractivity contribution in [3.8, 4) is 0 Å². The standard InChI is InChI=1S/C12H15F2N3O/c1-7-5-8(17-15)11(10(14)9(7)13)16-6-12(18)3-2-4-12/h5,15-16,18H,2-4,6H2,1H3. The van der Waals surface area contributed by atoms with Gasteiger partial charge in [0.15, 0.2) is 11.6 Å². The van der Waals surface area contributed by atoms with E-state index in [9.17, 15) is 13.9 Å². The summed E-state index contributed by atoms with van der Waals surface area (Å²) < 4.78 is 27.2. The van der Waals surface area contributed by atoms with Crippen molar-refractivity contribution in [2.45, 2.75) is 31.8 Å². The van der Waals surface area contributed by atoms with Crippen LogP contribution in [0.3, 0.4) is 0 Å². The van der Waals surface area contributed by atoms with Crippen molar-refractivity contribution in [3.63, 3.8) is 0 Å². The van der Waals surface area contributed by atoms with E-state index in [0.29, 0.717) is 12.8 Å². The lowest BCUT2D eigenvalue weighted by Gasteiger charge is -2.37. The smallest absolute Gasteiger partial charge is 0.184 e. The summed E-state index contributed by atoms with van der Waals surface area (Å²) in [4.78, 5) is 0. The number of hydrogen-bond acceptors (Lipinski definition) is 4. The van der Waals surface area contributed by atoms with Gasteiger partial charge in [-0.3, -0.25) is 0 Å². The molecule has 2 rings (SSSR count). The minimum absolute atomic E-state index is 0.0364. The Bertz CT molecular complexity index is 487. The number of aryl methyl sites for hydroxylation is 1. The van der Waals surface area contributed by atoms with E-state index in [1.54, 1.807) is 0 Å². The Morgan fingerprint density at radius 1 is 1.44 bits per heavy atom. The van der Waals surface area contributed by atoms with Crippen LogP contribution in [0.15, 0.2) is 11.2 Å². The fourth-order valence-electron chi connectivity index (χ4n) is 2.01. The number of nitrogens with zero attached hydrogens (tertiary/aromatic N) is 1. The average molecular weight is 255 g/mol. The molecule has 0 bridgehead atoms. The SMILES string of the molecule is Cc1cc(N=N)c(NCC2(O)CCC2)c(F)c1F. The predicted octanol–water partition coefficient (Wildman–Crippen LogP) is 3.26. The fourth-order valence-corrected chi connectivity index (χ4v) is 2.01. The molecule has 18 heavy (non-hydrogen) atoms. The zero-order valence-corrected chi connectivity index (χ0v) is 10.1. The van der Waals surface area contributed by atoms with Crippen LogP contribution in [0.25, 0.3) is 0 Å². The highest BCUT2D eigenvalue weighted by molar-refractivity contribution is 5.67. The van der Waals surface area contributed by atoms with Gasteiger partial charge in [-0.15, -0.1) is 0 Å². The van der Waals surface area contributed by atoms with Crippen molar-refractivity contribution in [2.75, 3.05) is 11.9 Å². The second-order valence-electron chi connectivity index (χ2n) is 4.76. The van der Waals surface area contributed by atoms with Gasteiger partial charge in [0.05, 0.1) is 5.60 Å². The van der Waals surface area contributed by atoms with Crippen LogP contribution in [0.2, 0.25) is 0 Å². The van der Waals surface area contributed by atoms with E-state index in [1.807, 2.05) is 0 Å². The quantitative estimate of drug-likeness (QED) is 0.723. The largest absolute Gasteiger partial charge is 0.388 e. The topological polar surface area (TPSA) is 68.5 Å². The normalized spacial score (nSPS) is 17.1. The maximum atomic E-state index is 13.7. The molecular formula is C12H15F2N3O. The minimum atomic E-state index is -1.05. The summed E-state index contributed by atoms with van der Waals surface area (Å²) in [5.41, 5.74) is 6.10. The van der Waals surface area contributed by atoms with E-state index in [-0.39, 0.29) is 23.5 Å². The monoisotopic (exact) mass is 255 g/mol. The number of nitrogens with one attached hydrogen (secondary N) is 2. The molecule has 0 heterocycles. The van der Waals surface area contributed by atoms with Gasteiger partial charge in [-0.2, -0.15) is 5.11 Å². The van der Waals surface area contributed by atoms with Crippen LogP contribution in [0.5, 0.6) is 0 Å². The van der Waals surface area contributed by atoms with Gasteiger partial charge in [-0.05, 0) is 37.8 Å². The second kappa shape index (κ2) is 4.61. The van der Waals surface area contributed by atoms with Crippen LogP contribution < -0.4 is 5.32 Å². The Morgan fingerprint density at radius 3 is 2.61 bits per heavy atom. The van der Waals surface area contributed by atoms with Crippen LogP contribution in [-0.4, -0.2) is 17.3 Å². The van der Waals surface area contributed by atoms with E-state index in [0.717, 1.165) is 6.42 Å². The summed E-state index contributed by atoms with van der Waals surface area (Å²) in [5, 5.41) is 15.7. The van der Waals surface area contributed by atoms with E-state index < -0.39 is 17.2 Å². The molecule has 1 aromatic carbocycles. The highest BCUT2D eigenvalue weighted by Crippen LogP contribution is 2.35. The van der Waals surface area contributed by atoms with Gasteiger partial charge >= 0.3 is 0 Å². The molecule has 1 saturated carbocycles. The number of benzene rings is 1. The Labute approximate surface area is 104 Å². The molecule has 4 nitrogen and oxygen atoms in total. The van der Waals surface area contributed by atoms with Gasteiger partial charge in [0, 0.05) is 6.54 Å². The van der Waals surface area contributed by atoms with Crippen molar-refractivity contribution < 1.29 is 13.9 Å². The third-order valence-corrected chi connectivity index (χ3v) is 3.37. The summed E-state index contributed by atoms with van der Waals surface area (Å²) in [6, 6.07) is 1.30. The fraction of sp³-hybridized carbons (Fsp3) is 0.500. The number of rotatable bonds is 4. The number of anilines is 1. The van der Waals surface area contributed by atoms with Crippen molar-refractivity contribution in [1.29, 1.82) is 5.53 Å². The lowest BCUT2D eigenvalue weighted by molar-refractivity contribution is -0.0202. The first-order valence-electron chi connectivity index (χ1n) is 5.79. The van der Waals surface area contributed by atoms with Crippen molar-refractivity contribution in [2.24, 2.45) is 5.11 Å². The lowest BCUT2D eigenvalue weighted by atomic mass is 9.80. The summed E-state index contributed by atoms with van der Waals surface area (Å²) in [5.74, 6) is -2.01. The van der Waals surface area contributed by atoms with Gasteiger partial charge in [-0.25, -0.2) is 14.3 Å². The van der Waals surface area contributed by atoms with Crippen molar-refractivity contribution in [3.05, 3.63) is 23.3 Å². The number of aliphatic hydroxyl groups is 1. The Kier molecular flexibility index (Phi) is 3.30. The number of hydrogen-bond donors (Lipinski definition) is 3. The molecular weight excluding hydrogens is 240 g/mol. The molecule has 0 atom stereocenters. The van der Waals surface area contributed by atoms with E-state index in [1.165, 1.54) is 13.0 Å². The molecule has 0 aliphatic heterocycles. The third-order valence-electron chi connectivity index (χ3n) is 3.37. The van der Waals surface area contributed by atoms with Crippen LogP contribution in [-0.2, 0) is 0 Å². The zero-order valence-electron chi connectivity index (χ0n) is 10.1. The molecule has 0 radical (unpaired) electrons. The first-order chi connectivity index (χ1) is 8.47. The van der Waals surface area contributed by atoms with Crippen LogP contribution in [0.1, 0.15) is 24.8 Å². The Balaban J connectivity index is 2.25. The van der Waals surface area contributed by atoms with E-state index in [2.05, 4.69) is 10.4 Å². The molecule has 1 fully saturated rings. The lowest BCUT2D eigenvalue weighted by Crippen LogP contribution is -2.43. The highest BCUT2D eigenvalue weighted by Gasteiger charge is 2.34. The van der Waals surface area contributed by atoms with Gasteiger partial charge in [0.2, 0.25) is 0 Å². The molecule has 1 aliphatic rings. The zero-order chi connectivity index (χ0) is 13.3.